The number of aliphatic hydroxyl groups excluding tert-OH is 1. The molecule has 0 radical (unpaired) electrons. The summed E-state index contributed by atoms with van der Waals surface area (Å²) in [6, 6.07) is 0. The first-order valence-corrected chi connectivity index (χ1v) is 13.4. The molecular formula is C29H50O. The SMILES string of the molecule is C=C(C)C(C)CC[C@@H](C)[C@H]1CC[C@H]2[C@@H]3CC[C@H]4[C@H](C)[C@@H](O)CC[C@]4(C)[C@H]3CC[C@]12C. The van der Waals surface area contributed by atoms with Crippen LogP contribution >= 0.6 is 0 Å². The number of allylic oxidation sites excluding steroid dienone is 1. The largest absolute Gasteiger partial charge is 0.393 e. The van der Waals surface area contributed by atoms with Gasteiger partial charge in [-0.25, -0.2) is 0 Å². The van der Waals surface area contributed by atoms with Gasteiger partial charge >= 0.3 is 0 Å². The molecule has 30 heavy (non-hydrogen) atoms. The number of hydrogen-bond acceptors (Lipinski definition) is 1. The van der Waals surface area contributed by atoms with Crippen molar-refractivity contribution in [2.45, 2.75) is 112 Å². The van der Waals surface area contributed by atoms with Gasteiger partial charge in [0.15, 0.2) is 0 Å². The number of fused-ring (bicyclic) bond motifs is 5. The topological polar surface area (TPSA) is 20.2 Å². The van der Waals surface area contributed by atoms with Crippen LogP contribution in [-0.4, -0.2) is 11.2 Å². The summed E-state index contributed by atoms with van der Waals surface area (Å²) in [5.41, 5.74) is 2.43. The van der Waals surface area contributed by atoms with Crippen LogP contribution in [0.15, 0.2) is 12.2 Å². The van der Waals surface area contributed by atoms with E-state index >= 15 is 0 Å². The normalized spacial score (nSPS) is 50.2. The Morgan fingerprint density at radius 1 is 0.900 bits per heavy atom. The molecule has 0 aromatic carbocycles. The second-order valence-corrected chi connectivity index (χ2v) is 13.1. The summed E-state index contributed by atoms with van der Waals surface area (Å²) in [6.45, 7) is 19.0. The molecule has 0 bridgehead atoms. The summed E-state index contributed by atoms with van der Waals surface area (Å²) < 4.78 is 0. The maximum atomic E-state index is 10.5. The van der Waals surface area contributed by atoms with Gasteiger partial charge in [-0.2, -0.15) is 0 Å². The van der Waals surface area contributed by atoms with Crippen molar-refractivity contribution in [2.24, 2.45) is 58.2 Å². The van der Waals surface area contributed by atoms with E-state index in [-0.39, 0.29) is 6.10 Å². The van der Waals surface area contributed by atoms with E-state index in [9.17, 15) is 5.11 Å². The van der Waals surface area contributed by atoms with Crippen molar-refractivity contribution < 1.29 is 5.11 Å². The highest BCUT2D eigenvalue weighted by Crippen LogP contribution is 2.68. The predicted molar refractivity (Wildman–Crippen MR) is 128 cm³/mol. The zero-order valence-electron chi connectivity index (χ0n) is 20.9. The highest BCUT2D eigenvalue weighted by molar-refractivity contribution is 5.10. The van der Waals surface area contributed by atoms with Crippen molar-refractivity contribution in [2.75, 3.05) is 0 Å². The zero-order chi connectivity index (χ0) is 21.8. The van der Waals surface area contributed by atoms with Gasteiger partial charge in [0, 0.05) is 0 Å². The fraction of sp³-hybridized carbons (Fsp3) is 0.931. The Morgan fingerprint density at radius 3 is 2.23 bits per heavy atom. The molecule has 0 aromatic heterocycles. The molecule has 0 aromatic rings. The quantitative estimate of drug-likeness (QED) is 0.454. The summed E-state index contributed by atoms with van der Waals surface area (Å²) in [4.78, 5) is 0. The first-order valence-electron chi connectivity index (χ1n) is 13.4. The number of hydrogen-bond donors (Lipinski definition) is 1. The lowest BCUT2D eigenvalue weighted by atomic mass is 9.43. The highest BCUT2D eigenvalue weighted by atomic mass is 16.3. The Kier molecular flexibility index (Phi) is 6.28. The van der Waals surface area contributed by atoms with Gasteiger partial charge in [0.2, 0.25) is 0 Å². The monoisotopic (exact) mass is 414 g/mol. The van der Waals surface area contributed by atoms with Crippen molar-refractivity contribution in [1.82, 2.24) is 0 Å². The third-order valence-electron chi connectivity index (χ3n) is 11.8. The molecule has 4 aliphatic rings. The Morgan fingerprint density at radius 2 is 1.53 bits per heavy atom. The number of rotatable bonds is 5. The molecule has 0 aliphatic heterocycles. The van der Waals surface area contributed by atoms with Crippen LogP contribution in [0.25, 0.3) is 0 Å². The van der Waals surface area contributed by atoms with E-state index in [1.165, 1.54) is 63.4 Å². The predicted octanol–water partition coefficient (Wildman–Crippen LogP) is 7.88. The molecule has 4 aliphatic carbocycles. The first kappa shape index (κ1) is 22.9. The molecule has 11 atom stereocenters. The van der Waals surface area contributed by atoms with Crippen LogP contribution in [0.5, 0.6) is 0 Å². The third-order valence-corrected chi connectivity index (χ3v) is 11.8. The smallest absolute Gasteiger partial charge is 0.0568 e. The molecule has 1 nitrogen and oxygen atoms in total. The average molecular weight is 415 g/mol. The van der Waals surface area contributed by atoms with Crippen LogP contribution in [0.4, 0.5) is 0 Å². The van der Waals surface area contributed by atoms with Gasteiger partial charge in [-0.3, -0.25) is 0 Å². The Hall–Kier alpha value is -0.300. The van der Waals surface area contributed by atoms with Crippen molar-refractivity contribution in [3.05, 3.63) is 12.2 Å². The molecule has 4 fully saturated rings. The van der Waals surface area contributed by atoms with E-state index in [2.05, 4.69) is 48.1 Å². The Bertz CT molecular complexity index is 638. The molecule has 0 amide bonds. The van der Waals surface area contributed by atoms with E-state index in [4.69, 9.17) is 0 Å². The fourth-order valence-corrected chi connectivity index (χ4v) is 9.65. The van der Waals surface area contributed by atoms with Crippen LogP contribution in [0.1, 0.15) is 106 Å². The van der Waals surface area contributed by atoms with Crippen LogP contribution in [0, 0.1) is 58.2 Å². The Labute approximate surface area is 187 Å². The summed E-state index contributed by atoms with van der Waals surface area (Å²) in [7, 11) is 0. The van der Waals surface area contributed by atoms with Gasteiger partial charge in [0.05, 0.1) is 6.10 Å². The molecule has 1 heteroatoms. The van der Waals surface area contributed by atoms with Gasteiger partial charge in [-0.15, -0.1) is 0 Å². The minimum absolute atomic E-state index is 0.0493. The molecule has 4 rings (SSSR count). The molecule has 0 saturated heterocycles. The lowest BCUT2D eigenvalue weighted by Crippen LogP contribution is -2.56. The van der Waals surface area contributed by atoms with Crippen LogP contribution < -0.4 is 0 Å². The summed E-state index contributed by atoms with van der Waals surface area (Å²) in [5.74, 6) is 6.56. The van der Waals surface area contributed by atoms with Crippen LogP contribution in [0.3, 0.4) is 0 Å². The first-order chi connectivity index (χ1) is 14.1. The average Bonchev–Trinajstić information content (AvgIpc) is 3.06. The second kappa shape index (κ2) is 8.24. The Balaban J connectivity index is 1.48. The lowest BCUT2D eigenvalue weighted by Gasteiger charge is -2.62. The third kappa shape index (κ3) is 3.54. The molecule has 0 heterocycles. The van der Waals surface area contributed by atoms with E-state index < -0.39 is 0 Å². The van der Waals surface area contributed by atoms with Gasteiger partial charge in [0.25, 0.3) is 0 Å². The maximum Gasteiger partial charge on any atom is 0.0568 e. The van der Waals surface area contributed by atoms with Crippen LogP contribution in [-0.2, 0) is 0 Å². The summed E-state index contributed by atoms with van der Waals surface area (Å²) >= 11 is 0. The van der Waals surface area contributed by atoms with E-state index in [1.807, 2.05) is 0 Å². The maximum absolute atomic E-state index is 10.5. The summed E-state index contributed by atoms with van der Waals surface area (Å²) in [6.07, 6.45) is 13.7. The van der Waals surface area contributed by atoms with E-state index in [0.29, 0.717) is 22.7 Å². The van der Waals surface area contributed by atoms with Crippen molar-refractivity contribution in [3.8, 4) is 0 Å². The second-order valence-electron chi connectivity index (χ2n) is 13.1. The summed E-state index contributed by atoms with van der Waals surface area (Å²) in [5, 5.41) is 10.5. The van der Waals surface area contributed by atoms with Gasteiger partial charge < -0.3 is 5.11 Å². The molecule has 1 N–H and O–H groups in total. The minimum atomic E-state index is -0.0493. The molecule has 0 spiro atoms. The molecule has 172 valence electrons. The highest BCUT2D eigenvalue weighted by Gasteiger charge is 2.61. The lowest BCUT2D eigenvalue weighted by molar-refractivity contribution is -0.149. The van der Waals surface area contributed by atoms with Crippen molar-refractivity contribution >= 4 is 0 Å². The zero-order valence-corrected chi connectivity index (χ0v) is 20.9. The minimum Gasteiger partial charge on any atom is -0.393 e. The number of aliphatic hydroxyl groups is 1. The van der Waals surface area contributed by atoms with Crippen molar-refractivity contribution in [1.29, 1.82) is 0 Å². The van der Waals surface area contributed by atoms with Gasteiger partial charge in [-0.05, 0) is 129 Å². The van der Waals surface area contributed by atoms with Crippen molar-refractivity contribution in [3.63, 3.8) is 0 Å². The van der Waals surface area contributed by atoms with E-state index in [0.717, 1.165) is 41.9 Å². The molecular weight excluding hydrogens is 364 g/mol. The van der Waals surface area contributed by atoms with Crippen LogP contribution in [0.2, 0.25) is 0 Å². The van der Waals surface area contributed by atoms with E-state index in [1.54, 1.807) is 0 Å². The molecule has 4 saturated carbocycles. The standard InChI is InChI=1S/C29H50O/c1-18(2)19(3)8-9-20(4)23-12-13-25-22-10-11-24-21(5)27(30)15-17-29(24,7)26(22)14-16-28(23,25)6/h19-27,30H,1,8-17H2,2-7H3/t19?,20-,21+,22+,23-,24+,25+,26+,27+,28-,29+/m1/s1. The van der Waals surface area contributed by atoms with Gasteiger partial charge in [0.1, 0.15) is 0 Å². The molecule has 1 unspecified atom stereocenters. The fourth-order valence-electron chi connectivity index (χ4n) is 9.65. The van der Waals surface area contributed by atoms with Gasteiger partial charge in [-0.1, -0.05) is 46.8 Å².